The highest BCUT2D eigenvalue weighted by Crippen LogP contribution is 2.43. The van der Waals surface area contributed by atoms with Gasteiger partial charge in [0, 0.05) is 25.4 Å². The first-order valence-corrected chi connectivity index (χ1v) is 15.4. The molecule has 6 atom stereocenters. The molecule has 3 fully saturated rings. The predicted octanol–water partition coefficient (Wildman–Crippen LogP) is 3.04. The molecule has 2 saturated heterocycles. The lowest BCUT2D eigenvalue weighted by Crippen LogP contribution is -2.54. The Morgan fingerprint density at radius 2 is 1.60 bits per heavy atom. The van der Waals surface area contributed by atoms with Crippen molar-refractivity contribution in [3.8, 4) is 0 Å². The zero-order valence-corrected chi connectivity index (χ0v) is 24.0. The molecule has 0 unspecified atom stereocenters. The zero-order chi connectivity index (χ0) is 29.1. The quantitative estimate of drug-likeness (QED) is 0.449. The molecule has 222 valence electrons. The van der Waals surface area contributed by atoms with Crippen molar-refractivity contribution >= 4 is 23.6 Å². The highest BCUT2D eigenvalue weighted by atomic mass is 16.3. The molecular formula is C33H41N5O4. The Morgan fingerprint density at radius 3 is 2.33 bits per heavy atom. The van der Waals surface area contributed by atoms with Crippen molar-refractivity contribution in [2.75, 3.05) is 6.54 Å². The first-order chi connectivity index (χ1) is 20.4. The van der Waals surface area contributed by atoms with Crippen molar-refractivity contribution in [2.45, 2.75) is 94.0 Å². The number of aliphatic hydroxyl groups is 1. The van der Waals surface area contributed by atoms with Crippen molar-refractivity contribution in [1.82, 2.24) is 20.9 Å². The summed E-state index contributed by atoms with van der Waals surface area (Å²) in [6.45, 7) is 0.493. The molecular weight excluding hydrogens is 530 g/mol. The van der Waals surface area contributed by atoms with Gasteiger partial charge in [-0.15, -0.1) is 0 Å². The first kappa shape index (κ1) is 28.4. The number of aliphatic hydroxyl groups excluding tert-OH is 1. The molecule has 6 rings (SSSR count). The van der Waals surface area contributed by atoms with Crippen LogP contribution >= 0.6 is 0 Å². The van der Waals surface area contributed by atoms with Gasteiger partial charge in [0.05, 0.1) is 6.04 Å². The topological polar surface area (TPSA) is 123 Å². The summed E-state index contributed by atoms with van der Waals surface area (Å²) in [5, 5.41) is 21.1. The molecule has 2 bridgehead atoms. The summed E-state index contributed by atoms with van der Waals surface area (Å²) in [5.41, 5.74) is 1.22. The molecule has 9 nitrogen and oxygen atoms in total. The predicted molar refractivity (Wildman–Crippen MR) is 160 cm³/mol. The normalized spacial score (nSPS) is 33.3. The number of nitrogens with zero attached hydrogens (tertiary/aromatic N) is 2. The Labute approximate surface area is 247 Å². The van der Waals surface area contributed by atoms with Gasteiger partial charge in [0.15, 0.2) is 0 Å². The van der Waals surface area contributed by atoms with Crippen LogP contribution in [0.3, 0.4) is 0 Å². The number of carbonyl (C=O) groups excluding carboxylic acids is 3. The first-order valence-electron chi connectivity index (χ1n) is 15.4. The molecule has 2 aromatic rings. The Bertz CT molecular complexity index is 1320. The summed E-state index contributed by atoms with van der Waals surface area (Å²) < 4.78 is 0. The van der Waals surface area contributed by atoms with Gasteiger partial charge in [-0.3, -0.25) is 19.7 Å². The fraction of sp³-hybridized carbons (Fsp3) is 0.515. The molecule has 2 aromatic carbocycles. The van der Waals surface area contributed by atoms with E-state index in [0.29, 0.717) is 32.2 Å². The van der Waals surface area contributed by atoms with Crippen molar-refractivity contribution in [2.24, 2.45) is 10.9 Å². The molecule has 1 aliphatic carbocycles. The van der Waals surface area contributed by atoms with E-state index in [-0.39, 0.29) is 36.0 Å². The molecule has 3 heterocycles. The third-order valence-corrected chi connectivity index (χ3v) is 9.46. The van der Waals surface area contributed by atoms with Gasteiger partial charge in [-0.25, -0.2) is 4.99 Å². The standard InChI is InChI=1S/C33H41N5O4/c39-29-21-25(18-22-10-3-1-4-11-22)34-30(40)26-20-24-14-7-8-16-33(24,36-26)37-31(41)28-15-9-17-38(28)32(42)27(35-29)19-23-12-5-2-6-13-23/h1-6,10-13,24-28,36H,7-9,14-21H2,(H,34,40)(H,35,39)(H,37,41)/t24-,25-,26-,27-,28-,33+/m0/s1. The number of hydrogen-bond donors (Lipinski definition) is 4. The molecule has 1 spiro atoms. The van der Waals surface area contributed by atoms with E-state index in [0.717, 1.165) is 43.2 Å². The van der Waals surface area contributed by atoms with Crippen LogP contribution in [-0.2, 0) is 27.2 Å². The summed E-state index contributed by atoms with van der Waals surface area (Å²) in [4.78, 5) is 48.0. The summed E-state index contributed by atoms with van der Waals surface area (Å²) in [6, 6.07) is 17.2. The number of rotatable bonds is 4. The number of amides is 3. The van der Waals surface area contributed by atoms with E-state index in [1.807, 2.05) is 60.7 Å². The number of nitrogens with one attached hydrogen (secondary N) is 3. The summed E-state index contributed by atoms with van der Waals surface area (Å²) >= 11 is 0. The van der Waals surface area contributed by atoms with Gasteiger partial charge in [-0.1, -0.05) is 67.1 Å². The zero-order valence-electron chi connectivity index (χ0n) is 24.0. The van der Waals surface area contributed by atoms with Gasteiger partial charge in [-0.2, -0.15) is 0 Å². The summed E-state index contributed by atoms with van der Waals surface area (Å²) in [5.74, 6) is -0.600. The molecule has 4 aliphatic rings. The van der Waals surface area contributed by atoms with Crippen LogP contribution in [0.25, 0.3) is 0 Å². The third-order valence-electron chi connectivity index (χ3n) is 9.46. The molecule has 3 aliphatic heterocycles. The lowest BCUT2D eigenvalue weighted by molar-refractivity contribution is -0.136. The van der Waals surface area contributed by atoms with Crippen molar-refractivity contribution in [1.29, 1.82) is 0 Å². The van der Waals surface area contributed by atoms with Gasteiger partial charge < -0.3 is 20.6 Å². The molecule has 9 heteroatoms. The van der Waals surface area contributed by atoms with Gasteiger partial charge in [0.1, 0.15) is 17.7 Å². The van der Waals surface area contributed by atoms with E-state index in [9.17, 15) is 19.5 Å². The number of benzene rings is 2. The van der Waals surface area contributed by atoms with E-state index >= 15 is 0 Å². The fourth-order valence-corrected chi connectivity index (χ4v) is 7.41. The SMILES string of the molecule is O=C1C[C@H](Cc2ccccc2)NC(=O)[C@@H]2C[C@@H]3CCCC[C@]3(/N=C(\O)[C@@H]3CCCN3C(=O)[C@H](Cc3ccccc3)N1)N2. The van der Waals surface area contributed by atoms with Crippen LogP contribution in [0.5, 0.6) is 0 Å². The van der Waals surface area contributed by atoms with Crippen LogP contribution < -0.4 is 16.0 Å². The third kappa shape index (κ3) is 6.07. The molecule has 4 N–H and O–H groups in total. The van der Waals surface area contributed by atoms with Crippen molar-refractivity contribution in [3.63, 3.8) is 0 Å². The van der Waals surface area contributed by atoms with Crippen LogP contribution in [0.4, 0.5) is 0 Å². The minimum atomic E-state index is -0.804. The molecule has 3 amide bonds. The molecule has 0 aromatic heterocycles. The lowest BCUT2D eigenvalue weighted by atomic mass is 9.80. The minimum Gasteiger partial charge on any atom is -0.495 e. The van der Waals surface area contributed by atoms with Gasteiger partial charge in [0.2, 0.25) is 23.6 Å². The number of fused-ring (bicyclic) bond motifs is 2. The van der Waals surface area contributed by atoms with Gasteiger partial charge >= 0.3 is 0 Å². The van der Waals surface area contributed by atoms with Gasteiger partial charge in [-0.05, 0) is 62.0 Å². The maximum atomic E-state index is 14.1. The van der Waals surface area contributed by atoms with Crippen molar-refractivity contribution in [3.05, 3.63) is 71.8 Å². The molecule has 42 heavy (non-hydrogen) atoms. The maximum Gasteiger partial charge on any atom is 0.246 e. The fourth-order valence-electron chi connectivity index (χ4n) is 7.41. The lowest BCUT2D eigenvalue weighted by Gasteiger charge is -2.37. The van der Waals surface area contributed by atoms with E-state index in [1.165, 1.54) is 0 Å². The van der Waals surface area contributed by atoms with E-state index < -0.39 is 29.8 Å². The maximum absolute atomic E-state index is 14.1. The van der Waals surface area contributed by atoms with Crippen LogP contribution in [0.2, 0.25) is 0 Å². The van der Waals surface area contributed by atoms with Crippen LogP contribution in [0, 0.1) is 5.92 Å². The van der Waals surface area contributed by atoms with E-state index in [1.54, 1.807) is 4.90 Å². The highest BCUT2D eigenvalue weighted by Gasteiger charge is 2.51. The second kappa shape index (κ2) is 12.3. The monoisotopic (exact) mass is 571 g/mol. The van der Waals surface area contributed by atoms with Crippen LogP contribution in [0.1, 0.15) is 62.5 Å². The van der Waals surface area contributed by atoms with Crippen molar-refractivity contribution < 1.29 is 19.5 Å². The average Bonchev–Trinajstić information content (AvgIpc) is 3.63. The highest BCUT2D eigenvalue weighted by molar-refractivity contribution is 5.93. The molecule has 0 radical (unpaired) electrons. The second-order valence-electron chi connectivity index (χ2n) is 12.4. The Balaban J connectivity index is 1.36. The van der Waals surface area contributed by atoms with E-state index in [4.69, 9.17) is 4.99 Å². The summed E-state index contributed by atoms with van der Waals surface area (Å²) in [6.07, 6.45) is 6.52. The molecule has 1 saturated carbocycles. The smallest absolute Gasteiger partial charge is 0.246 e. The number of hydrogen-bond acceptors (Lipinski definition) is 5. The van der Waals surface area contributed by atoms with E-state index in [2.05, 4.69) is 16.0 Å². The minimum absolute atomic E-state index is 0.0473. The largest absolute Gasteiger partial charge is 0.495 e. The Morgan fingerprint density at radius 1 is 0.881 bits per heavy atom. The Hall–Kier alpha value is -3.72. The van der Waals surface area contributed by atoms with Crippen LogP contribution in [0.15, 0.2) is 65.7 Å². The summed E-state index contributed by atoms with van der Waals surface area (Å²) in [7, 11) is 0. The number of aliphatic imine (C=N–C) groups is 1. The average molecular weight is 572 g/mol. The second-order valence-corrected chi connectivity index (χ2v) is 12.4. The number of carbonyl (C=O) groups is 3. The Kier molecular flexibility index (Phi) is 8.29. The van der Waals surface area contributed by atoms with Gasteiger partial charge in [0.25, 0.3) is 0 Å². The van der Waals surface area contributed by atoms with Crippen LogP contribution in [-0.4, -0.2) is 70.0 Å².